The van der Waals surface area contributed by atoms with Crippen molar-refractivity contribution >= 4 is 27.3 Å². The van der Waals surface area contributed by atoms with Crippen LogP contribution < -0.4 is 5.32 Å². The van der Waals surface area contributed by atoms with Gasteiger partial charge in [-0.25, -0.2) is 8.42 Å². The second-order valence-electron chi connectivity index (χ2n) is 3.88. The zero-order valence-corrected chi connectivity index (χ0v) is 12.6. The minimum absolute atomic E-state index is 0.136. The average Bonchev–Trinajstić information content (AvgIpc) is 2.39. The Morgan fingerprint density at radius 1 is 1.22 bits per heavy atom. The van der Waals surface area contributed by atoms with Crippen molar-refractivity contribution in [2.24, 2.45) is 0 Å². The summed E-state index contributed by atoms with van der Waals surface area (Å²) in [6.45, 7) is 4.62. The van der Waals surface area contributed by atoms with Gasteiger partial charge in [0.25, 0.3) is 0 Å². The number of rotatable bonds is 8. The molecule has 0 spiro atoms. The summed E-state index contributed by atoms with van der Waals surface area (Å²) in [5, 5.41) is 3.22. The predicted molar refractivity (Wildman–Crippen MR) is 80.3 cm³/mol. The Labute approximate surface area is 114 Å². The first-order chi connectivity index (χ1) is 8.61. The Bertz CT molecular complexity index is 458. The van der Waals surface area contributed by atoms with Gasteiger partial charge in [0.15, 0.2) is 9.84 Å². The van der Waals surface area contributed by atoms with Crippen molar-refractivity contribution in [1.29, 1.82) is 0 Å². The van der Waals surface area contributed by atoms with Gasteiger partial charge in [0.1, 0.15) is 0 Å². The lowest BCUT2D eigenvalue weighted by Crippen LogP contribution is -2.10. The Morgan fingerprint density at radius 3 is 2.61 bits per heavy atom. The summed E-state index contributed by atoms with van der Waals surface area (Å²) in [5.74, 6) is 2.37. The molecule has 0 amide bonds. The normalized spacial score (nSPS) is 11.4. The number of nitrogens with one attached hydrogen (secondary N) is 1. The molecule has 1 aromatic carbocycles. The lowest BCUT2D eigenvalue weighted by molar-refractivity contribution is 0.597. The molecule has 1 N–H and O–H groups in total. The van der Waals surface area contributed by atoms with Crippen molar-refractivity contribution < 1.29 is 8.42 Å². The van der Waals surface area contributed by atoms with Gasteiger partial charge in [0.05, 0.1) is 16.3 Å². The molecule has 0 atom stereocenters. The maximum absolute atomic E-state index is 11.9. The van der Waals surface area contributed by atoms with Crippen LogP contribution in [0, 0.1) is 0 Å². The number of benzene rings is 1. The molecule has 5 heteroatoms. The molecule has 0 saturated carbocycles. The highest BCUT2D eigenvalue weighted by molar-refractivity contribution is 7.99. The van der Waals surface area contributed by atoms with Crippen LogP contribution in [0.5, 0.6) is 0 Å². The van der Waals surface area contributed by atoms with E-state index in [4.69, 9.17) is 0 Å². The molecule has 0 heterocycles. The quantitative estimate of drug-likeness (QED) is 0.747. The first-order valence-electron chi connectivity index (χ1n) is 6.25. The van der Waals surface area contributed by atoms with Crippen molar-refractivity contribution in [3.63, 3.8) is 0 Å². The Hall–Kier alpha value is -0.680. The SMILES string of the molecule is CCSCCCNc1ccccc1S(=O)(=O)CC. The van der Waals surface area contributed by atoms with Crippen molar-refractivity contribution in [2.75, 3.05) is 29.1 Å². The standard InChI is InChI=1S/C13H21NO2S2/c1-3-17-11-7-10-14-12-8-5-6-9-13(12)18(15,16)4-2/h5-6,8-9,14H,3-4,7,10-11H2,1-2H3. The van der Waals surface area contributed by atoms with Gasteiger partial charge < -0.3 is 5.32 Å². The van der Waals surface area contributed by atoms with Crippen molar-refractivity contribution in [2.45, 2.75) is 25.2 Å². The molecule has 1 aromatic rings. The van der Waals surface area contributed by atoms with E-state index in [0.29, 0.717) is 4.90 Å². The van der Waals surface area contributed by atoms with Crippen LogP contribution in [0.3, 0.4) is 0 Å². The van der Waals surface area contributed by atoms with Crippen LogP contribution >= 0.6 is 11.8 Å². The highest BCUT2D eigenvalue weighted by Gasteiger charge is 2.15. The third-order valence-corrected chi connectivity index (χ3v) is 5.36. The summed E-state index contributed by atoms with van der Waals surface area (Å²) in [6, 6.07) is 7.12. The fraction of sp³-hybridized carbons (Fsp3) is 0.538. The molecule has 0 aromatic heterocycles. The number of thioether (sulfide) groups is 1. The Morgan fingerprint density at radius 2 is 1.94 bits per heavy atom. The minimum atomic E-state index is -3.14. The first-order valence-corrected chi connectivity index (χ1v) is 9.06. The zero-order chi connectivity index (χ0) is 13.4. The lowest BCUT2D eigenvalue weighted by Gasteiger charge is -2.11. The average molecular weight is 287 g/mol. The van der Waals surface area contributed by atoms with Crippen LogP contribution in [-0.4, -0.2) is 32.2 Å². The Kier molecular flexibility index (Phi) is 6.57. The smallest absolute Gasteiger partial charge is 0.180 e. The van der Waals surface area contributed by atoms with Crippen LogP contribution in [-0.2, 0) is 9.84 Å². The highest BCUT2D eigenvalue weighted by Crippen LogP contribution is 2.21. The van der Waals surface area contributed by atoms with Gasteiger partial charge in [-0.2, -0.15) is 11.8 Å². The summed E-state index contributed by atoms with van der Waals surface area (Å²) in [6.07, 6.45) is 1.04. The molecule has 0 aliphatic carbocycles. The van der Waals surface area contributed by atoms with Gasteiger partial charge in [-0.3, -0.25) is 0 Å². The second-order valence-corrected chi connectivity index (χ2v) is 7.52. The number of hydrogen-bond acceptors (Lipinski definition) is 4. The summed E-state index contributed by atoms with van der Waals surface area (Å²) >= 11 is 1.90. The summed E-state index contributed by atoms with van der Waals surface area (Å²) in [7, 11) is -3.14. The second kappa shape index (κ2) is 7.69. The molecule has 0 aliphatic heterocycles. The molecule has 1 rings (SSSR count). The van der Waals surface area contributed by atoms with Gasteiger partial charge in [0, 0.05) is 6.54 Å². The van der Waals surface area contributed by atoms with Crippen LogP contribution in [0.2, 0.25) is 0 Å². The molecule has 0 fully saturated rings. The topological polar surface area (TPSA) is 46.2 Å². The van der Waals surface area contributed by atoms with Gasteiger partial charge in [0.2, 0.25) is 0 Å². The van der Waals surface area contributed by atoms with E-state index < -0.39 is 9.84 Å². The lowest BCUT2D eigenvalue weighted by atomic mass is 10.3. The highest BCUT2D eigenvalue weighted by atomic mass is 32.2. The summed E-state index contributed by atoms with van der Waals surface area (Å²) in [5.41, 5.74) is 0.723. The largest absolute Gasteiger partial charge is 0.384 e. The van der Waals surface area contributed by atoms with Gasteiger partial charge in [-0.15, -0.1) is 0 Å². The third kappa shape index (κ3) is 4.53. The molecule has 0 aliphatic rings. The van der Waals surface area contributed by atoms with E-state index in [0.717, 1.165) is 30.2 Å². The molecule has 18 heavy (non-hydrogen) atoms. The number of hydrogen-bond donors (Lipinski definition) is 1. The van der Waals surface area contributed by atoms with Crippen LogP contribution in [0.4, 0.5) is 5.69 Å². The predicted octanol–water partition coefficient (Wildman–Crippen LogP) is 3.04. The maximum atomic E-state index is 11.9. The van der Waals surface area contributed by atoms with Crippen molar-refractivity contribution in [1.82, 2.24) is 0 Å². The monoisotopic (exact) mass is 287 g/mol. The molecular formula is C13H21NO2S2. The first kappa shape index (κ1) is 15.4. The van der Waals surface area contributed by atoms with Crippen molar-refractivity contribution in [3.8, 4) is 0 Å². The van der Waals surface area contributed by atoms with Gasteiger partial charge >= 0.3 is 0 Å². The van der Waals surface area contributed by atoms with E-state index in [1.807, 2.05) is 23.9 Å². The van der Waals surface area contributed by atoms with Crippen LogP contribution in [0.15, 0.2) is 29.2 Å². The molecule has 0 bridgehead atoms. The van der Waals surface area contributed by atoms with Crippen LogP contribution in [0.25, 0.3) is 0 Å². The van der Waals surface area contributed by atoms with Gasteiger partial charge in [-0.05, 0) is 30.1 Å². The number of para-hydroxylation sites is 1. The molecule has 0 unspecified atom stereocenters. The molecule has 3 nitrogen and oxygen atoms in total. The van der Waals surface area contributed by atoms with Crippen molar-refractivity contribution in [3.05, 3.63) is 24.3 Å². The Balaban J connectivity index is 2.66. The molecule has 102 valence electrons. The number of sulfone groups is 1. The third-order valence-electron chi connectivity index (χ3n) is 2.59. The summed E-state index contributed by atoms with van der Waals surface area (Å²) in [4.78, 5) is 0.413. The maximum Gasteiger partial charge on any atom is 0.180 e. The van der Waals surface area contributed by atoms with E-state index in [2.05, 4.69) is 12.2 Å². The molecule has 0 radical (unpaired) electrons. The molecule has 0 saturated heterocycles. The van der Waals surface area contributed by atoms with E-state index in [9.17, 15) is 8.42 Å². The van der Waals surface area contributed by atoms with E-state index >= 15 is 0 Å². The fourth-order valence-electron chi connectivity index (χ4n) is 1.58. The number of anilines is 1. The van der Waals surface area contributed by atoms with E-state index in [1.54, 1.807) is 19.1 Å². The van der Waals surface area contributed by atoms with Gasteiger partial charge in [-0.1, -0.05) is 26.0 Å². The summed E-state index contributed by atoms with van der Waals surface area (Å²) < 4.78 is 23.8. The zero-order valence-electron chi connectivity index (χ0n) is 11.0. The minimum Gasteiger partial charge on any atom is -0.384 e. The fourth-order valence-corrected chi connectivity index (χ4v) is 3.29. The molecular weight excluding hydrogens is 266 g/mol. The van der Waals surface area contributed by atoms with E-state index in [1.165, 1.54) is 0 Å². The van der Waals surface area contributed by atoms with Crippen LogP contribution in [0.1, 0.15) is 20.3 Å². The van der Waals surface area contributed by atoms with E-state index in [-0.39, 0.29) is 5.75 Å².